The molecule has 2 rings (SSSR count). The highest BCUT2D eigenvalue weighted by atomic mass is 35.5. The van der Waals surface area contributed by atoms with Gasteiger partial charge in [-0.05, 0) is 6.42 Å². The predicted molar refractivity (Wildman–Crippen MR) is 70.8 cm³/mol. The normalized spacial score (nSPS) is 10.5. The molecule has 1 N–H and O–H groups in total. The van der Waals surface area contributed by atoms with E-state index in [0.29, 0.717) is 6.54 Å². The number of aromatic nitrogens is 4. The summed E-state index contributed by atoms with van der Waals surface area (Å²) in [4.78, 5) is 19.6. The molecule has 1 amide bonds. The van der Waals surface area contributed by atoms with Crippen molar-refractivity contribution in [2.45, 2.75) is 19.9 Å². The molecular weight excluding hydrogens is 266 g/mol. The lowest BCUT2D eigenvalue weighted by Gasteiger charge is -2.04. The Kier molecular flexibility index (Phi) is 4.11. The zero-order chi connectivity index (χ0) is 13.8. The summed E-state index contributed by atoms with van der Waals surface area (Å²) in [5.41, 5.74) is 2.17. The van der Waals surface area contributed by atoms with Gasteiger partial charge in [0, 0.05) is 25.4 Å². The molecule has 0 atom stereocenters. The largest absolute Gasteiger partial charge is 0.346 e. The number of rotatable bonds is 4. The van der Waals surface area contributed by atoms with Crippen LogP contribution in [0.4, 0.5) is 0 Å². The van der Waals surface area contributed by atoms with Crippen molar-refractivity contribution in [3.8, 4) is 0 Å². The lowest BCUT2D eigenvalue weighted by atomic mass is 10.2. The van der Waals surface area contributed by atoms with Crippen LogP contribution in [0.15, 0.2) is 18.6 Å². The first-order valence-electron chi connectivity index (χ1n) is 5.87. The van der Waals surface area contributed by atoms with Gasteiger partial charge in [-0.3, -0.25) is 14.5 Å². The number of halogens is 1. The summed E-state index contributed by atoms with van der Waals surface area (Å²) in [6, 6.07) is 0. The van der Waals surface area contributed by atoms with Crippen molar-refractivity contribution in [3.05, 3.63) is 40.7 Å². The fourth-order valence-corrected chi connectivity index (χ4v) is 1.89. The molecule has 0 aliphatic carbocycles. The van der Waals surface area contributed by atoms with Crippen LogP contribution in [0.3, 0.4) is 0 Å². The van der Waals surface area contributed by atoms with Crippen LogP contribution in [0.1, 0.15) is 28.7 Å². The molecule has 2 heterocycles. The van der Waals surface area contributed by atoms with Crippen LogP contribution in [0.25, 0.3) is 0 Å². The van der Waals surface area contributed by atoms with Crippen LogP contribution in [-0.2, 0) is 20.0 Å². The molecule has 0 bridgehead atoms. The van der Waals surface area contributed by atoms with E-state index >= 15 is 0 Å². The third kappa shape index (κ3) is 3.29. The Morgan fingerprint density at radius 1 is 1.47 bits per heavy atom. The lowest BCUT2D eigenvalue weighted by molar-refractivity contribution is 0.0945. The second kappa shape index (κ2) is 5.79. The predicted octanol–water partition coefficient (Wildman–Crippen LogP) is 1.36. The van der Waals surface area contributed by atoms with Crippen molar-refractivity contribution < 1.29 is 4.79 Å². The summed E-state index contributed by atoms with van der Waals surface area (Å²) in [6.07, 6.45) is 5.48. The topological polar surface area (TPSA) is 72.7 Å². The van der Waals surface area contributed by atoms with Gasteiger partial charge in [0.2, 0.25) is 0 Å². The molecule has 0 unspecified atom stereocenters. The monoisotopic (exact) mass is 279 g/mol. The molecule has 100 valence electrons. The lowest BCUT2D eigenvalue weighted by Crippen LogP contribution is -2.24. The van der Waals surface area contributed by atoms with Gasteiger partial charge in [-0.2, -0.15) is 5.10 Å². The van der Waals surface area contributed by atoms with Gasteiger partial charge in [0.05, 0.1) is 18.1 Å². The second-order valence-corrected chi connectivity index (χ2v) is 4.43. The number of carbonyl (C=O) groups excluding carboxylic acids is 1. The Bertz CT molecular complexity index is 596. The molecule has 19 heavy (non-hydrogen) atoms. The highest BCUT2D eigenvalue weighted by molar-refractivity contribution is 6.29. The quantitative estimate of drug-likeness (QED) is 0.917. The van der Waals surface area contributed by atoms with Gasteiger partial charge in [0.1, 0.15) is 10.8 Å². The SMILES string of the molecule is CCc1nn(C)cc1CNC(=O)c1cncc(Cl)n1. The first-order valence-corrected chi connectivity index (χ1v) is 6.25. The zero-order valence-corrected chi connectivity index (χ0v) is 11.5. The maximum absolute atomic E-state index is 11.9. The maximum Gasteiger partial charge on any atom is 0.271 e. The molecular formula is C12H14ClN5O. The Morgan fingerprint density at radius 2 is 2.26 bits per heavy atom. The molecule has 2 aromatic rings. The summed E-state index contributed by atoms with van der Waals surface area (Å²) in [5.74, 6) is -0.305. The molecule has 2 aromatic heterocycles. The van der Waals surface area contributed by atoms with Crippen LogP contribution in [0.2, 0.25) is 5.15 Å². The van der Waals surface area contributed by atoms with Crippen molar-refractivity contribution in [3.63, 3.8) is 0 Å². The van der Waals surface area contributed by atoms with E-state index in [2.05, 4.69) is 20.4 Å². The molecule has 0 aliphatic rings. The Labute approximate surface area is 115 Å². The Balaban J connectivity index is 2.04. The van der Waals surface area contributed by atoms with Crippen LogP contribution in [-0.4, -0.2) is 25.7 Å². The fraction of sp³-hybridized carbons (Fsp3) is 0.333. The van der Waals surface area contributed by atoms with E-state index in [1.807, 2.05) is 20.2 Å². The van der Waals surface area contributed by atoms with E-state index in [9.17, 15) is 4.79 Å². The number of hydrogen-bond acceptors (Lipinski definition) is 4. The summed E-state index contributed by atoms with van der Waals surface area (Å²) < 4.78 is 1.74. The van der Waals surface area contributed by atoms with E-state index in [4.69, 9.17) is 11.6 Å². The Hall–Kier alpha value is -1.95. The average Bonchev–Trinajstić information content (AvgIpc) is 2.76. The number of amides is 1. The summed E-state index contributed by atoms with van der Waals surface area (Å²) in [7, 11) is 1.85. The number of hydrogen-bond donors (Lipinski definition) is 1. The van der Waals surface area contributed by atoms with E-state index in [0.717, 1.165) is 17.7 Å². The van der Waals surface area contributed by atoms with E-state index in [1.54, 1.807) is 4.68 Å². The number of aryl methyl sites for hydroxylation is 2. The van der Waals surface area contributed by atoms with E-state index in [1.165, 1.54) is 12.4 Å². The molecule has 0 saturated carbocycles. The maximum atomic E-state index is 11.9. The second-order valence-electron chi connectivity index (χ2n) is 4.04. The minimum absolute atomic E-state index is 0.197. The summed E-state index contributed by atoms with van der Waals surface area (Å²) in [5, 5.41) is 7.28. The van der Waals surface area contributed by atoms with Crippen LogP contribution >= 0.6 is 11.6 Å². The van der Waals surface area contributed by atoms with Gasteiger partial charge < -0.3 is 5.32 Å². The minimum atomic E-state index is -0.305. The van der Waals surface area contributed by atoms with Crippen molar-refractivity contribution in [2.24, 2.45) is 7.05 Å². The third-order valence-corrected chi connectivity index (χ3v) is 2.79. The number of carbonyl (C=O) groups is 1. The van der Waals surface area contributed by atoms with Crippen molar-refractivity contribution >= 4 is 17.5 Å². The van der Waals surface area contributed by atoms with Crippen LogP contribution < -0.4 is 5.32 Å². The van der Waals surface area contributed by atoms with Crippen LogP contribution in [0, 0.1) is 0 Å². The highest BCUT2D eigenvalue weighted by Gasteiger charge is 2.11. The third-order valence-electron chi connectivity index (χ3n) is 2.60. The molecule has 0 aliphatic heterocycles. The molecule has 0 spiro atoms. The van der Waals surface area contributed by atoms with Crippen molar-refractivity contribution in [1.82, 2.24) is 25.1 Å². The van der Waals surface area contributed by atoms with Gasteiger partial charge in [0.25, 0.3) is 5.91 Å². The molecule has 0 aromatic carbocycles. The molecule has 0 radical (unpaired) electrons. The molecule has 0 fully saturated rings. The minimum Gasteiger partial charge on any atom is -0.346 e. The first kappa shape index (κ1) is 13.5. The Morgan fingerprint density at radius 3 is 2.95 bits per heavy atom. The van der Waals surface area contributed by atoms with Gasteiger partial charge >= 0.3 is 0 Å². The first-order chi connectivity index (χ1) is 9.10. The smallest absolute Gasteiger partial charge is 0.271 e. The standard InChI is InChI=1S/C12H14ClN5O/c1-3-9-8(7-18(2)17-9)4-15-12(19)10-5-14-6-11(13)16-10/h5-7H,3-4H2,1-2H3,(H,15,19). The van der Waals surface area contributed by atoms with E-state index in [-0.39, 0.29) is 16.8 Å². The van der Waals surface area contributed by atoms with Gasteiger partial charge in [-0.1, -0.05) is 18.5 Å². The zero-order valence-electron chi connectivity index (χ0n) is 10.7. The molecule has 0 saturated heterocycles. The van der Waals surface area contributed by atoms with Crippen molar-refractivity contribution in [1.29, 1.82) is 0 Å². The van der Waals surface area contributed by atoms with E-state index < -0.39 is 0 Å². The molecule has 6 nitrogen and oxygen atoms in total. The molecule has 7 heteroatoms. The van der Waals surface area contributed by atoms with Gasteiger partial charge in [0.15, 0.2) is 0 Å². The summed E-state index contributed by atoms with van der Waals surface area (Å²) >= 11 is 5.69. The van der Waals surface area contributed by atoms with Crippen LogP contribution in [0.5, 0.6) is 0 Å². The highest BCUT2D eigenvalue weighted by Crippen LogP contribution is 2.07. The average molecular weight is 280 g/mol. The van der Waals surface area contributed by atoms with Gasteiger partial charge in [-0.25, -0.2) is 4.98 Å². The summed E-state index contributed by atoms with van der Waals surface area (Å²) in [6.45, 7) is 2.43. The number of nitrogens with zero attached hydrogens (tertiary/aromatic N) is 4. The fourth-order valence-electron chi connectivity index (χ4n) is 1.75. The van der Waals surface area contributed by atoms with Crippen molar-refractivity contribution in [2.75, 3.05) is 0 Å². The van der Waals surface area contributed by atoms with Gasteiger partial charge in [-0.15, -0.1) is 0 Å². The number of nitrogens with one attached hydrogen (secondary N) is 1.